The zero-order chi connectivity index (χ0) is 24.0. The summed E-state index contributed by atoms with van der Waals surface area (Å²) in [5.41, 5.74) is 1.36. The Balaban J connectivity index is 1.59. The van der Waals surface area contributed by atoms with Gasteiger partial charge in [0.2, 0.25) is 11.1 Å². The van der Waals surface area contributed by atoms with Crippen LogP contribution in [0.25, 0.3) is 0 Å². The Morgan fingerprint density at radius 3 is 2.45 bits per heavy atom. The van der Waals surface area contributed by atoms with E-state index in [4.69, 9.17) is 23.2 Å². The predicted octanol–water partition coefficient (Wildman–Crippen LogP) is 5.21. The maximum atomic E-state index is 12.7. The highest BCUT2D eigenvalue weighted by Crippen LogP contribution is 2.25. The van der Waals surface area contributed by atoms with E-state index < -0.39 is 6.04 Å². The number of hydrogen-bond donors (Lipinski definition) is 3. The number of carbonyl (C=O) groups is 2. The van der Waals surface area contributed by atoms with E-state index in [-0.39, 0.29) is 34.5 Å². The van der Waals surface area contributed by atoms with Crippen LogP contribution in [0.1, 0.15) is 54.6 Å². The molecular formula is C23H25Cl2N5O2S. The van der Waals surface area contributed by atoms with Gasteiger partial charge in [0.15, 0.2) is 0 Å². The fraction of sp³-hybridized carbons (Fsp3) is 0.304. The second-order valence-corrected chi connectivity index (χ2v) is 9.60. The molecule has 2 unspecified atom stereocenters. The molecule has 1 aromatic heterocycles. The molecule has 0 saturated carbocycles. The van der Waals surface area contributed by atoms with Crippen molar-refractivity contribution in [3.63, 3.8) is 0 Å². The normalized spacial score (nSPS) is 12.9. The lowest BCUT2D eigenvalue weighted by Gasteiger charge is -2.20. The van der Waals surface area contributed by atoms with Crippen molar-refractivity contribution in [2.45, 2.75) is 38.0 Å². The number of aromatic nitrogens is 3. The molecule has 174 valence electrons. The van der Waals surface area contributed by atoms with Crippen LogP contribution in [0.15, 0.2) is 53.7 Å². The van der Waals surface area contributed by atoms with Gasteiger partial charge in [-0.3, -0.25) is 14.7 Å². The number of hydrogen-bond acceptors (Lipinski definition) is 5. The number of amides is 2. The number of halogens is 2. The number of thioether (sulfide) groups is 1. The van der Waals surface area contributed by atoms with Gasteiger partial charge in [-0.25, -0.2) is 4.98 Å². The van der Waals surface area contributed by atoms with Crippen LogP contribution >= 0.6 is 35.0 Å². The Hall–Kier alpha value is -2.55. The average molecular weight is 506 g/mol. The van der Waals surface area contributed by atoms with Crippen molar-refractivity contribution < 1.29 is 9.59 Å². The summed E-state index contributed by atoms with van der Waals surface area (Å²) in [6.45, 7) is 5.86. The molecule has 0 aliphatic rings. The lowest BCUT2D eigenvalue weighted by atomic mass is 10.0. The zero-order valence-electron chi connectivity index (χ0n) is 18.4. The maximum Gasteiger partial charge on any atom is 0.253 e. The summed E-state index contributed by atoms with van der Waals surface area (Å²) < 4.78 is 0. The molecule has 2 aromatic carbocycles. The quantitative estimate of drug-likeness (QED) is 0.346. The SMILES string of the molecule is CC(NC(=O)CSc1n[nH]c(C(NC(=O)c2ccc(Cl)cc2Cl)C(C)C)n1)c1ccccc1. The summed E-state index contributed by atoms with van der Waals surface area (Å²) >= 11 is 13.3. The minimum Gasteiger partial charge on any atom is -0.349 e. The zero-order valence-corrected chi connectivity index (χ0v) is 20.8. The summed E-state index contributed by atoms with van der Waals surface area (Å²) in [5, 5.41) is 14.1. The summed E-state index contributed by atoms with van der Waals surface area (Å²) in [7, 11) is 0. The molecule has 0 fully saturated rings. The van der Waals surface area contributed by atoms with Crippen LogP contribution in [0.2, 0.25) is 10.0 Å². The number of carbonyl (C=O) groups excluding carboxylic acids is 2. The van der Waals surface area contributed by atoms with Gasteiger partial charge < -0.3 is 10.6 Å². The summed E-state index contributed by atoms with van der Waals surface area (Å²) in [6.07, 6.45) is 0. The number of nitrogens with zero attached hydrogens (tertiary/aromatic N) is 2. The third-order valence-electron chi connectivity index (χ3n) is 4.92. The molecule has 3 rings (SSSR count). The van der Waals surface area contributed by atoms with Gasteiger partial charge in [-0.1, -0.05) is 79.1 Å². The Morgan fingerprint density at radius 2 is 1.79 bits per heavy atom. The third kappa shape index (κ3) is 6.96. The van der Waals surface area contributed by atoms with Gasteiger partial charge in [-0.15, -0.1) is 5.10 Å². The topological polar surface area (TPSA) is 99.8 Å². The van der Waals surface area contributed by atoms with Crippen LogP contribution in [0, 0.1) is 5.92 Å². The maximum absolute atomic E-state index is 12.7. The molecule has 10 heteroatoms. The first kappa shape index (κ1) is 25.1. The molecule has 3 N–H and O–H groups in total. The monoisotopic (exact) mass is 505 g/mol. The molecule has 2 atom stereocenters. The van der Waals surface area contributed by atoms with Gasteiger partial charge in [0.05, 0.1) is 28.4 Å². The molecule has 0 radical (unpaired) electrons. The Morgan fingerprint density at radius 1 is 1.06 bits per heavy atom. The molecule has 1 heterocycles. The van der Waals surface area contributed by atoms with Crippen LogP contribution in [-0.4, -0.2) is 32.7 Å². The van der Waals surface area contributed by atoms with Gasteiger partial charge >= 0.3 is 0 Å². The first-order valence-electron chi connectivity index (χ1n) is 10.4. The highest BCUT2D eigenvalue weighted by Gasteiger charge is 2.24. The van der Waals surface area contributed by atoms with Crippen molar-refractivity contribution in [2.24, 2.45) is 5.92 Å². The molecule has 0 aliphatic heterocycles. The minimum absolute atomic E-state index is 0.0286. The smallest absolute Gasteiger partial charge is 0.253 e. The minimum atomic E-state index is -0.418. The van der Waals surface area contributed by atoms with E-state index in [1.165, 1.54) is 17.8 Å². The lowest BCUT2D eigenvalue weighted by Crippen LogP contribution is -2.32. The molecule has 33 heavy (non-hydrogen) atoms. The molecule has 0 spiro atoms. The largest absolute Gasteiger partial charge is 0.349 e. The first-order chi connectivity index (χ1) is 15.7. The van der Waals surface area contributed by atoms with Crippen molar-refractivity contribution in [3.05, 3.63) is 75.5 Å². The van der Waals surface area contributed by atoms with Crippen molar-refractivity contribution in [3.8, 4) is 0 Å². The van der Waals surface area contributed by atoms with E-state index in [1.807, 2.05) is 51.1 Å². The van der Waals surface area contributed by atoms with E-state index in [9.17, 15) is 9.59 Å². The van der Waals surface area contributed by atoms with E-state index in [2.05, 4.69) is 25.8 Å². The molecule has 7 nitrogen and oxygen atoms in total. The van der Waals surface area contributed by atoms with E-state index in [0.717, 1.165) is 5.56 Å². The van der Waals surface area contributed by atoms with Crippen molar-refractivity contribution >= 4 is 46.8 Å². The van der Waals surface area contributed by atoms with Crippen LogP contribution in [-0.2, 0) is 4.79 Å². The second kappa shape index (κ2) is 11.5. The summed E-state index contributed by atoms with van der Waals surface area (Å²) in [6, 6.07) is 13.9. The van der Waals surface area contributed by atoms with Crippen LogP contribution in [0.4, 0.5) is 0 Å². The number of rotatable bonds is 9. The predicted molar refractivity (Wildman–Crippen MR) is 132 cm³/mol. The van der Waals surface area contributed by atoms with Gasteiger partial charge in [0.1, 0.15) is 5.82 Å². The van der Waals surface area contributed by atoms with Gasteiger partial charge in [-0.05, 0) is 36.6 Å². The molecular weight excluding hydrogens is 481 g/mol. The Labute approximate surface area is 207 Å². The van der Waals surface area contributed by atoms with Crippen LogP contribution in [0.5, 0.6) is 0 Å². The number of benzene rings is 2. The second-order valence-electron chi connectivity index (χ2n) is 7.81. The summed E-state index contributed by atoms with van der Waals surface area (Å²) in [5.74, 6) is 0.252. The highest BCUT2D eigenvalue weighted by molar-refractivity contribution is 7.99. The van der Waals surface area contributed by atoms with E-state index >= 15 is 0 Å². The standard InChI is InChI=1S/C23H25Cl2N5O2S/c1-13(2)20(27-22(32)17-10-9-16(24)11-18(17)25)21-28-23(30-29-21)33-12-19(31)26-14(3)15-7-5-4-6-8-15/h4-11,13-14,20H,12H2,1-3H3,(H,26,31)(H,27,32)(H,28,29,30). The first-order valence-corrected chi connectivity index (χ1v) is 12.1. The average Bonchev–Trinajstić information content (AvgIpc) is 3.25. The van der Waals surface area contributed by atoms with Gasteiger partial charge in [0, 0.05) is 5.02 Å². The van der Waals surface area contributed by atoms with E-state index in [1.54, 1.807) is 12.1 Å². The van der Waals surface area contributed by atoms with Crippen molar-refractivity contribution in [1.82, 2.24) is 25.8 Å². The Bertz CT molecular complexity index is 1110. The molecule has 3 aromatic rings. The van der Waals surface area contributed by atoms with Gasteiger partial charge in [0.25, 0.3) is 5.91 Å². The highest BCUT2D eigenvalue weighted by atomic mass is 35.5. The van der Waals surface area contributed by atoms with Crippen molar-refractivity contribution in [2.75, 3.05) is 5.75 Å². The van der Waals surface area contributed by atoms with Crippen LogP contribution in [0.3, 0.4) is 0 Å². The number of nitrogens with one attached hydrogen (secondary N) is 3. The number of H-pyrrole nitrogens is 1. The fourth-order valence-electron chi connectivity index (χ4n) is 3.14. The van der Waals surface area contributed by atoms with Crippen molar-refractivity contribution in [1.29, 1.82) is 0 Å². The summed E-state index contributed by atoms with van der Waals surface area (Å²) in [4.78, 5) is 29.6. The molecule has 0 bridgehead atoms. The molecule has 2 amide bonds. The van der Waals surface area contributed by atoms with Crippen LogP contribution < -0.4 is 10.6 Å². The van der Waals surface area contributed by atoms with Gasteiger partial charge in [-0.2, -0.15) is 0 Å². The fourth-order valence-corrected chi connectivity index (χ4v) is 4.25. The number of aromatic amines is 1. The molecule has 0 aliphatic carbocycles. The van der Waals surface area contributed by atoms with E-state index in [0.29, 0.717) is 21.6 Å². The third-order valence-corrected chi connectivity index (χ3v) is 6.31. The molecule has 0 saturated heterocycles. The Kier molecular flexibility index (Phi) is 8.77. The lowest BCUT2D eigenvalue weighted by molar-refractivity contribution is -0.119.